The standard InChI is InChI=1S/C24H15N3S2/c1-14-13-28-22-17-12-20(29-24(17)26-11-10-25-23(26)21(14)22)27-18-8-4-2-6-15(18)16-7-3-5-9-19(16)27/h2-13H,1H3. The van der Waals surface area contributed by atoms with Gasteiger partial charge in [0.05, 0.1) is 11.0 Å². The van der Waals surface area contributed by atoms with E-state index in [4.69, 9.17) is 0 Å². The molecule has 3 nitrogen and oxygen atoms in total. The molecule has 5 heteroatoms. The Labute approximate surface area is 174 Å². The van der Waals surface area contributed by atoms with Crippen molar-refractivity contribution < 1.29 is 0 Å². The van der Waals surface area contributed by atoms with Crippen LogP contribution in [0.25, 0.3) is 52.8 Å². The van der Waals surface area contributed by atoms with Gasteiger partial charge in [0, 0.05) is 38.6 Å². The monoisotopic (exact) mass is 409 g/mol. The molecule has 0 unspecified atom stereocenters. The number of pyridine rings is 1. The summed E-state index contributed by atoms with van der Waals surface area (Å²) in [5.41, 5.74) is 4.86. The molecule has 2 aromatic carbocycles. The molecule has 5 heterocycles. The van der Waals surface area contributed by atoms with E-state index in [2.05, 4.69) is 87.0 Å². The van der Waals surface area contributed by atoms with Crippen LogP contribution in [0.3, 0.4) is 0 Å². The first kappa shape index (κ1) is 15.7. The summed E-state index contributed by atoms with van der Waals surface area (Å²) in [5.74, 6) is 0. The van der Waals surface area contributed by atoms with E-state index in [-0.39, 0.29) is 0 Å². The second-order valence-electron chi connectivity index (χ2n) is 7.42. The van der Waals surface area contributed by atoms with Crippen LogP contribution in [0.5, 0.6) is 0 Å². The zero-order valence-corrected chi connectivity index (χ0v) is 17.2. The molecule has 0 aliphatic heterocycles. The minimum Gasteiger partial charge on any atom is -0.301 e. The van der Waals surface area contributed by atoms with Crippen LogP contribution in [0.4, 0.5) is 0 Å². The maximum atomic E-state index is 4.67. The highest BCUT2D eigenvalue weighted by atomic mass is 32.1. The minimum atomic E-state index is 1.06. The number of hydrogen-bond acceptors (Lipinski definition) is 3. The fourth-order valence-corrected chi connectivity index (χ4v) is 6.86. The molecule has 0 saturated heterocycles. The van der Waals surface area contributed by atoms with Crippen molar-refractivity contribution >= 4 is 70.4 Å². The highest BCUT2D eigenvalue weighted by Crippen LogP contribution is 2.42. The fraction of sp³-hybridized carbons (Fsp3) is 0.0417. The molecule has 7 aromatic rings. The second kappa shape index (κ2) is 5.47. The van der Waals surface area contributed by atoms with E-state index in [0.29, 0.717) is 0 Å². The third-order valence-electron chi connectivity index (χ3n) is 5.80. The molecule has 0 aliphatic carbocycles. The molecule has 0 N–H and O–H groups in total. The lowest BCUT2D eigenvalue weighted by Gasteiger charge is -2.03. The number of nitrogens with zero attached hydrogens (tertiary/aromatic N) is 3. The van der Waals surface area contributed by atoms with Gasteiger partial charge >= 0.3 is 0 Å². The molecule has 0 saturated carbocycles. The fourth-order valence-electron chi connectivity index (χ4n) is 4.55. The Kier molecular flexibility index (Phi) is 2.97. The Morgan fingerprint density at radius 3 is 2.38 bits per heavy atom. The first-order valence-electron chi connectivity index (χ1n) is 9.56. The summed E-state index contributed by atoms with van der Waals surface area (Å²) in [6.07, 6.45) is 3.99. The van der Waals surface area contributed by atoms with Crippen molar-refractivity contribution in [3.05, 3.63) is 77.9 Å². The predicted octanol–water partition coefficient (Wildman–Crippen LogP) is 7.17. The summed E-state index contributed by atoms with van der Waals surface area (Å²) in [6.45, 7) is 2.18. The highest BCUT2D eigenvalue weighted by Gasteiger charge is 2.18. The van der Waals surface area contributed by atoms with Gasteiger partial charge in [0.1, 0.15) is 15.5 Å². The zero-order chi connectivity index (χ0) is 19.1. The number of aryl methyl sites for hydroxylation is 1. The number of benzene rings is 2. The van der Waals surface area contributed by atoms with Gasteiger partial charge in [-0.2, -0.15) is 0 Å². The van der Waals surface area contributed by atoms with Crippen LogP contribution in [0, 0.1) is 6.92 Å². The van der Waals surface area contributed by atoms with Crippen LogP contribution in [-0.4, -0.2) is 14.0 Å². The smallest absolute Gasteiger partial charge is 0.146 e. The minimum absolute atomic E-state index is 1.06. The Morgan fingerprint density at radius 1 is 0.897 bits per heavy atom. The van der Waals surface area contributed by atoms with Crippen LogP contribution in [0.2, 0.25) is 0 Å². The normalized spacial score (nSPS) is 12.3. The number of para-hydroxylation sites is 2. The van der Waals surface area contributed by atoms with Crippen molar-refractivity contribution in [1.29, 1.82) is 0 Å². The van der Waals surface area contributed by atoms with Gasteiger partial charge in [0.15, 0.2) is 0 Å². The summed E-state index contributed by atoms with van der Waals surface area (Å²) in [6, 6.07) is 19.7. The largest absolute Gasteiger partial charge is 0.301 e. The van der Waals surface area contributed by atoms with E-state index in [0.717, 1.165) is 5.65 Å². The van der Waals surface area contributed by atoms with E-state index in [1.165, 1.54) is 52.7 Å². The molecule has 0 atom stereocenters. The lowest BCUT2D eigenvalue weighted by Crippen LogP contribution is -1.89. The number of hydrogen-bond donors (Lipinski definition) is 0. The molecular weight excluding hydrogens is 394 g/mol. The van der Waals surface area contributed by atoms with Crippen molar-refractivity contribution in [2.24, 2.45) is 0 Å². The predicted molar refractivity (Wildman–Crippen MR) is 125 cm³/mol. The molecule has 138 valence electrons. The molecule has 7 rings (SSSR count). The average molecular weight is 410 g/mol. The Hall–Kier alpha value is -3.15. The molecule has 0 amide bonds. The molecule has 0 fully saturated rings. The highest BCUT2D eigenvalue weighted by molar-refractivity contribution is 7.23. The second-order valence-corrected chi connectivity index (χ2v) is 9.31. The van der Waals surface area contributed by atoms with Crippen LogP contribution < -0.4 is 0 Å². The molecule has 0 aliphatic rings. The molecule has 0 radical (unpaired) electrons. The van der Waals surface area contributed by atoms with E-state index in [1.54, 1.807) is 0 Å². The molecule has 0 spiro atoms. The van der Waals surface area contributed by atoms with Crippen molar-refractivity contribution in [3.8, 4) is 5.00 Å². The molecular formula is C24H15N3S2. The third-order valence-corrected chi connectivity index (χ3v) is 8.05. The van der Waals surface area contributed by atoms with Gasteiger partial charge in [-0.3, -0.25) is 4.40 Å². The summed E-state index contributed by atoms with van der Waals surface area (Å²) >= 11 is 3.66. The van der Waals surface area contributed by atoms with E-state index < -0.39 is 0 Å². The quantitative estimate of drug-likeness (QED) is 0.282. The number of rotatable bonds is 1. The maximum Gasteiger partial charge on any atom is 0.146 e. The van der Waals surface area contributed by atoms with E-state index in [1.807, 2.05) is 28.9 Å². The average Bonchev–Trinajstić information content (AvgIpc) is 3.50. The van der Waals surface area contributed by atoms with Crippen LogP contribution in [0.15, 0.2) is 72.4 Å². The lowest BCUT2D eigenvalue weighted by molar-refractivity contribution is 1.22. The Bertz CT molecular complexity index is 1670. The summed E-state index contributed by atoms with van der Waals surface area (Å²) in [7, 11) is 0. The molecule has 29 heavy (non-hydrogen) atoms. The van der Waals surface area contributed by atoms with Crippen molar-refractivity contribution in [1.82, 2.24) is 14.0 Å². The summed E-state index contributed by atoms with van der Waals surface area (Å²) in [5, 5.41) is 8.67. The lowest BCUT2D eigenvalue weighted by atomic mass is 10.2. The van der Waals surface area contributed by atoms with Gasteiger partial charge in [0.2, 0.25) is 0 Å². The van der Waals surface area contributed by atoms with E-state index >= 15 is 0 Å². The van der Waals surface area contributed by atoms with Gasteiger partial charge in [-0.15, -0.1) is 11.3 Å². The SMILES string of the molecule is Cc1csc2c3cc(-n4c5ccccc5c5ccccc54)sc3n3ccnc3c12. The van der Waals surface area contributed by atoms with Crippen molar-refractivity contribution in [2.75, 3.05) is 0 Å². The number of fused-ring (bicyclic) bond motifs is 9. The number of thiophene rings is 2. The van der Waals surface area contributed by atoms with Crippen LogP contribution in [0.1, 0.15) is 5.56 Å². The van der Waals surface area contributed by atoms with Crippen molar-refractivity contribution in [3.63, 3.8) is 0 Å². The topological polar surface area (TPSA) is 22.2 Å². The van der Waals surface area contributed by atoms with Crippen LogP contribution >= 0.6 is 22.7 Å². The molecule has 5 aromatic heterocycles. The maximum absolute atomic E-state index is 4.67. The van der Waals surface area contributed by atoms with Gasteiger partial charge in [-0.1, -0.05) is 47.7 Å². The van der Waals surface area contributed by atoms with E-state index in [9.17, 15) is 0 Å². The summed E-state index contributed by atoms with van der Waals surface area (Å²) in [4.78, 5) is 5.92. The van der Waals surface area contributed by atoms with Crippen molar-refractivity contribution in [2.45, 2.75) is 6.92 Å². The number of aromatic nitrogens is 3. The Morgan fingerprint density at radius 2 is 1.62 bits per heavy atom. The van der Waals surface area contributed by atoms with Gasteiger partial charge in [0.25, 0.3) is 0 Å². The molecule has 0 bridgehead atoms. The first-order chi connectivity index (χ1) is 14.3. The number of imidazole rings is 1. The summed E-state index contributed by atoms with van der Waals surface area (Å²) < 4.78 is 5.99. The van der Waals surface area contributed by atoms with Gasteiger partial charge in [-0.25, -0.2) is 4.98 Å². The van der Waals surface area contributed by atoms with Gasteiger partial charge in [-0.05, 0) is 36.1 Å². The van der Waals surface area contributed by atoms with Gasteiger partial charge < -0.3 is 4.57 Å². The first-order valence-corrected chi connectivity index (χ1v) is 11.3. The third kappa shape index (κ3) is 1.94. The zero-order valence-electron chi connectivity index (χ0n) is 15.6. The van der Waals surface area contributed by atoms with Crippen LogP contribution in [-0.2, 0) is 0 Å². The Balaban J connectivity index is 1.69.